The summed E-state index contributed by atoms with van der Waals surface area (Å²) in [5.74, 6) is 1.66. The first kappa shape index (κ1) is 23.5. The number of benzene rings is 1. The molecule has 4 rings (SSSR count). The Labute approximate surface area is 201 Å². The van der Waals surface area contributed by atoms with Crippen molar-refractivity contribution in [3.63, 3.8) is 0 Å². The van der Waals surface area contributed by atoms with Gasteiger partial charge in [-0.1, -0.05) is 49.7 Å². The molecule has 1 aromatic rings. The smallest absolute Gasteiger partial charge is 0.234 e. The van der Waals surface area contributed by atoms with Crippen LogP contribution in [0.1, 0.15) is 38.3 Å². The zero-order chi connectivity index (χ0) is 23.4. The molecule has 0 aromatic heterocycles. The standard InChI is InChI=1S/C25H33ClN6O/c1-4-32-14-19-12-21(26)16(2)22(13-19)30-25-29-17(3)28-24(31-25)20-9-5-7-18(11-20)8-6-10-27-23(33)15-32/h5,7,9,11-13,16-17,22H,4,6,8,10,14-15H2,1-3H3,(H,27,33)(H2,28,29,30,31). The molecule has 0 radical (unpaired) electrons. The van der Waals surface area contributed by atoms with Crippen molar-refractivity contribution in [2.75, 3.05) is 26.2 Å². The number of nitrogens with one attached hydrogen (secondary N) is 3. The Bertz CT molecular complexity index is 1010. The monoisotopic (exact) mass is 468 g/mol. The van der Waals surface area contributed by atoms with Crippen LogP contribution in [0.4, 0.5) is 0 Å². The number of hydrogen-bond donors (Lipinski definition) is 3. The zero-order valence-corrected chi connectivity index (χ0v) is 20.3. The predicted molar refractivity (Wildman–Crippen MR) is 135 cm³/mol. The van der Waals surface area contributed by atoms with Crippen molar-refractivity contribution < 1.29 is 4.79 Å². The number of guanidine groups is 1. The minimum absolute atomic E-state index is 0.0203. The normalized spacial score (nSPS) is 26.8. The fraction of sp³-hybridized carbons (Fsp3) is 0.480. The van der Waals surface area contributed by atoms with Gasteiger partial charge in [0.15, 0.2) is 5.96 Å². The Balaban J connectivity index is 1.64. The van der Waals surface area contributed by atoms with Crippen LogP contribution in [-0.2, 0) is 11.2 Å². The summed E-state index contributed by atoms with van der Waals surface area (Å²) in [7, 11) is 0. The molecule has 0 fully saturated rings. The van der Waals surface area contributed by atoms with E-state index in [2.05, 4.69) is 70.0 Å². The van der Waals surface area contributed by atoms with Crippen molar-refractivity contribution in [3.05, 3.63) is 58.1 Å². The van der Waals surface area contributed by atoms with Crippen molar-refractivity contribution >= 4 is 29.3 Å². The predicted octanol–water partition coefficient (Wildman–Crippen LogP) is 2.78. The molecule has 0 saturated carbocycles. The lowest BCUT2D eigenvalue weighted by atomic mass is 9.92. The Hall–Kier alpha value is -2.64. The van der Waals surface area contributed by atoms with E-state index in [1.165, 1.54) is 5.56 Å². The maximum absolute atomic E-state index is 12.5. The summed E-state index contributed by atoms with van der Waals surface area (Å²) in [6.07, 6.45) is 5.82. The average molecular weight is 469 g/mol. The van der Waals surface area contributed by atoms with Gasteiger partial charge >= 0.3 is 0 Å². The van der Waals surface area contributed by atoms with Gasteiger partial charge in [-0.25, -0.2) is 9.98 Å². The molecule has 3 atom stereocenters. The third kappa shape index (κ3) is 6.03. The molecular formula is C25H33ClN6O. The number of fused-ring (bicyclic) bond motifs is 6. The molecule has 0 spiro atoms. The molecule has 8 heteroatoms. The van der Waals surface area contributed by atoms with E-state index >= 15 is 0 Å². The number of amidine groups is 1. The largest absolute Gasteiger partial charge is 0.355 e. The summed E-state index contributed by atoms with van der Waals surface area (Å²) in [4.78, 5) is 24.0. The van der Waals surface area contributed by atoms with Crippen LogP contribution >= 0.6 is 11.6 Å². The van der Waals surface area contributed by atoms with E-state index in [9.17, 15) is 4.79 Å². The Morgan fingerprint density at radius 3 is 2.88 bits per heavy atom. The Kier molecular flexibility index (Phi) is 7.50. The molecular weight excluding hydrogens is 436 g/mol. The van der Waals surface area contributed by atoms with E-state index in [4.69, 9.17) is 16.6 Å². The minimum Gasteiger partial charge on any atom is -0.355 e. The first-order valence-corrected chi connectivity index (χ1v) is 12.1. The summed E-state index contributed by atoms with van der Waals surface area (Å²) in [5, 5.41) is 10.8. The number of amides is 1. The van der Waals surface area contributed by atoms with Gasteiger partial charge < -0.3 is 16.0 Å². The lowest BCUT2D eigenvalue weighted by Crippen LogP contribution is -2.50. The van der Waals surface area contributed by atoms with E-state index in [1.807, 2.05) is 13.0 Å². The van der Waals surface area contributed by atoms with E-state index in [-0.39, 0.29) is 24.0 Å². The number of rotatable bonds is 1. The maximum atomic E-state index is 12.5. The van der Waals surface area contributed by atoms with Gasteiger partial charge in [0.1, 0.15) is 12.0 Å². The number of nitrogens with zero attached hydrogens (tertiary/aromatic N) is 3. The van der Waals surface area contributed by atoms with Crippen LogP contribution in [0.25, 0.3) is 0 Å². The van der Waals surface area contributed by atoms with E-state index in [0.29, 0.717) is 25.6 Å². The van der Waals surface area contributed by atoms with Crippen molar-refractivity contribution in [1.82, 2.24) is 20.9 Å². The Morgan fingerprint density at radius 2 is 2.06 bits per heavy atom. The number of aryl methyl sites for hydroxylation is 1. The molecule has 33 heavy (non-hydrogen) atoms. The van der Waals surface area contributed by atoms with Crippen molar-refractivity contribution in [2.24, 2.45) is 15.9 Å². The van der Waals surface area contributed by atoms with E-state index in [0.717, 1.165) is 41.4 Å². The minimum atomic E-state index is -0.183. The molecule has 176 valence electrons. The SMILES string of the molecule is CCN1CC(=O)NCCCc2cccc(c2)C2=NC(C)N=C(N2)NC2C=C(C=C(Cl)C2C)C1. The van der Waals surface area contributed by atoms with Crippen molar-refractivity contribution in [1.29, 1.82) is 0 Å². The first-order valence-electron chi connectivity index (χ1n) is 11.8. The molecule has 3 N–H and O–H groups in total. The van der Waals surface area contributed by atoms with Gasteiger partial charge in [0.2, 0.25) is 5.91 Å². The van der Waals surface area contributed by atoms with Gasteiger partial charge in [-0.15, -0.1) is 0 Å². The molecule has 1 amide bonds. The highest BCUT2D eigenvalue weighted by Crippen LogP contribution is 2.27. The van der Waals surface area contributed by atoms with Crippen LogP contribution in [-0.4, -0.2) is 61.0 Å². The van der Waals surface area contributed by atoms with Gasteiger partial charge in [-0.2, -0.15) is 0 Å². The van der Waals surface area contributed by atoms with Crippen molar-refractivity contribution in [3.8, 4) is 0 Å². The lowest BCUT2D eigenvalue weighted by molar-refractivity contribution is -0.122. The number of aliphatic imine (C=N–C) groups is 2. The van der Waals surface area contributed by atoms with Crippen molar-refractivity contribution in [2.45, 2.75) is 45.8 Å². The van der Waals surface area contributed by atoms with Crippen LogP contribution in [0, 0.1) is 5.92 Å². The lowest BCUT2D eigenvalue weighted by Gasteiger charge is -2.31. The number of carbonyl (C=O) groups excluding carboxylic acids is 1. The van der Waals surface area contributed by atoms with Crippen LogP contribution in [0.3, 0.4) is 0 Å². The van der Waals surface area contributed by atoms with Gasteiger partial charge in [0.05, 0.1) is 12.6 Å². The number of hydrogen-bond acceptors (Lipinski definition) is 6. The Morgan fingerprint density at radius 1 is 1.21 bits per heavy atom. The number of likely N-dealkylation sites (N-methyl/N-ethyl adjacent to an activating group) is 1. The number of carbonyl (C=O) groups is 1. The first-order chi connectivity index (χ1) is 15.9. The molecule has 3 aliphatic rings. The molecule has 1 aromatic carbocycles. The molecule has 7 nitrogen and oxygen atoms in total. The van der Waals surface area contributed by atoms with Gasteiger partial charge in [0.25, 0.3) is 0 Å². The maximum Gasteiger partial charge on any atom is 0.234 e. The highest BCUT2D eigenvalue weighted by Gasteiger charge is 2.26. The van der Waals surface area contributed by atoms with Crippen LogP contribution in [0.15, 0.2) is 57.0 Å². The summed E-state index contributed by atoms with van der Waals surface area (Å²) in [6, 6.07) is 8.37. The molecule has 2 heterocycles. The average Bonchev–Trinajstić information content (AvgIpc) is 2.79. The summed E-state index contributed by atoms with van der Waals surface area (Å²) in [5.41, 5.74) is 3.35. The highest BCUT2D eigenvalue weighted by atomic mass is 35.5. The van der Waals surface area contributed by atoms with Crippen LogP contribution in [0.5, 0.6) is 0 Å². The van der Waals surface area contributed by atoms with E-state index in [1.54, 1.807) is 0 Å². The number of halogens is 1. The molecule has 1 aliphatic carbocycles. The zero-order valence-electron chi connectivity index (χ0n) is 19.6. The van der Waals surface area contributed by atoms with Gasteiger partial charge in [-0.05, 0) is 49.6 Å². The highest BCUT2D eigenvalue weighted by molar-refractivity contribution is 6.30. The molecule has 2 aliphatic heterocycles. The summed E-state index contributed by atoms with van der Waals surface area (Å²) in [6.45, 7) is 8.63. The second-order valence-corrected chi connectivity index (χ2v) is 9.34. The molecule has 3 unspecified atom stereocenters. The second kappa shape index (κ2) is 10.5. The quantitative estimate of drug-likeness (QED) is 0.592. The van der Waals surface area contributed by atoms with Crippen LogP contribution < -0.4 is 16.0 Å². The van der Waals surface area contributed by atoms with E-state index < -0.39 is 0 Å². The molecule has 6 bridgehead atoms. The summed E-state index contributed by atoms with van der Waals surface area (Å²) >= 11 is 6.63. The fourth-order valence-electron chi connectivity index (χ4n) is 4.32. The topological polar surface area (TPSA) is 81.1 Å². The summed E-state index contributed by atoms with van der Waals surface area (Å²) < 4.78 is 0. The molecule has 0 saturated heterocycles. The van der Waals surface area contributed by atoms with Gasteiger partial charge in [-0.3, -0.25) is 9.69 Å². The fourth-order valence-corrected chi connectivity index (χ4v) is 4.59. The third-order valence-corrected chi connectivity index (χ3v) is 6.70. The van der Waals surface area contributed by atoms with Crippen LogP contribution in [0.2, 0.25) is 0 Å². The van der Waals surface area contributed by atoms with Gasteiger partial charge in [0, 0.05) is 29.6 Å². The second-order valence-electron chi connectivity index (χ2n) is 8.90. The third-order valence-electron chi connectivity index (χ3n) is 6.25.